The first-order valence-electron chi connectivity index (χ1n) is 9.82. The Hall–Kier alpha value is -3.89. The molecule has 166 valence electrons. The molecule has 0 saturated carbocycles. The van der Waals surface area contributed by atoms with Gasteiger partial charge in [0.2, 0.25) is 5.91 Å². The number of carbonyl (C=O) groups is 1. The molecule has 1 atom stereocenters. The lowest BCUT2D eigenvalue weighted by molar-refractivity contribution is -0.141. The van der Waals surface area contributed by atoms with E-state index in [1.54, 1.807) is 37.5 Å². The van der Waals surface area contributed by atoms with Crippen molar-refractivity contribution in [3.8, 4) is 0 Å². The number of amides is 1. The number of H-pyrrole nitrogens is 1. The van der Waals surface area contributed by atoms with Crippen LogP contribution in [-0.2, 0) is 24.1 Å². The summed E-state index contributed by atoms with van der Waals surface area (Å²) in [5.41, 5.74) is 4.12. The molecule has 0 bridgehead atoms. The van der Waals surface area contributed by atoms with Crippen molar-refractivity contribution in [2.24, 2.45) is 0 Å². The lowest BCUT2D eigenvalue weighted by atomic mass is 9.97. The Balaban J connectivity index is 1.49. The number of hydrogen-bond acceptors (Lipinski definition) is 5. The summed E-state index contributed by atoms with van der Waals surface area (Å²) in [6.45, 7) is 1.76. The molecule has 0 saturated heterocycles. The molecular weight excluding hydrogens is 423 g/mol. The van der Waals surface area contributed by atoms with Gasteiger partial charge < -0.3 is 10.7 Å². The molecule has 0 aliphatic carbocycles. The number of benzene rings is 1. The van der Waals surface area contributed by atoms with Crippen molar-refractivity contribution in [2.45, 2.75) is 32.1 Å². The Morgan fingerprint density at radius 2 is 2.03 bits per heavy atom. The number of hydrogen-bond donors (Lipinski definition) is 3. The smallest absolute Gasteiger partial charge is 0.350 e. The summed E-state index contributed by atoms with van der Waals surface area (Å²) in [5.74, 6) is -0.860. The summed E-state index contributed by atoms with van der Waals surface area (Å²) < 4.78 is 39.6. The highest BCUT2D eigenvalue weighted by Gasteiger charge is 2.35. The van der Waals surface area contributed by atoms with E-state index in [4.69, 9.17) is 0 Å². The Bertz CT molecular complexity index is 1220. The molecule has 3 heterocycles. The molecule has 0 spiro atoms. The third-order valence-electron chi connectivity index (χ3n) is 5.03. The van der Waals surface area contributed by atoms with E-state index >= 15 is 0 Å². The molecule has 0 aliphatic heterocycles. The third-order valence-corrected chi connectivity index (χ3v) is 5.03. The summed E-state index contributed by atoms with van der Waals surface area (Å²) in [6, 6.07) is 11.6. The topological polar surface area (TPSA) is 101 Å². The van der Waals surface area contributed by atoms with Crippen LogP contribution in [0, 0.1) is 0 Å². The van der Waals surface area contributed by atoms with Crippen LogP contribution in [0.1, 0.15) is 35.5 Å². The van der Waals surface area contributed by atoms with Crippen molar-refractivity contribution in [3.05, 3.63) is 77.5 Å². The highest BCUT2D eigenvalue weighted by Crippen LogP contribution is 2.29. The first-order valence-corrected chi connectivity index (χ1v) is 9.82. The van der Waals surface area contributed by atoms with Crippen LogP contribution < -0.4 is 10.7 Å². The van der Waals surface area contributed by atoms with E-state index in [2.05, 4.69) is 31.0 Å². The molecule has 1 amide bonds. The number of pyridine rings is 1. The predicted molar refractivity (Wildman–Crippen MR) is 111 cm³/mol. The van der Waals surface area contributed by atoms with Crippen LogP contribution in [0.3, 0.4) is 0 Å². The third kappa shape index (κ3) is 4.56. The van der Waals surface area contributed by atoms with Gasteiger partial charge in [0.05, 0.1) is 42.1 Å². The highest BCUT2D eigenvalue weighted by molar-refractivity contribution is 5.90. The highest BCUT2D eigenvalue weighted by atomic mass is 19.4. The number of rotatable bonds is 7. The van der Waals surface area contributed by atoms with Gasteiger partial charge in [0.15, 0.2) is 5.69 Å². The van der Waals surface area contributed by atoms with Gasteiger partial charge in [0.25, 0.3) is 0 Å². The molecule has 0 fully saturated rings. The van der Waals surface area contributed by atoms with Gasteiger partial charge in [0.1, 0.15) is 0 Å². The number of carbonyl (C=O) groups excluding carboxylic acids is 1. The summed E-state index contributed by atoms with van der Waals surface area (Å²) in [5, 5.41) is 14.0. The molecule has 4 aromatic rings. The van der Waals surface area contributed by atoms with Gasteiger partial charge in [-0.3, -0.25) is 14.9 Å². The maximum Gasteiger partial charge on any atom is 0.435 e. The van der Waals surface area contributed by atoms with Crippen molar-refractivity contribution >= 4 is 16.8 Å². The lowest BCUT2D eigenvalue weighted by Gasteiger charge is -2.14. The van der Waals surface area contributed by atoms with Crippen LogP contribution in [0.4, 0.5) is 13.2 Å². The Morgan fingerprint density at radius 1 is 1.19 bits per heavy atom. The minimum absolute atomic E-state index is 0.136. The molecule has 4 rings (SSSR count). The minimum atomic E-state index is -4.61. The Kier molecular flexibility index (Phi) is 5.80. The number of aromatic nitrogens is 5. The summed E-state index contributed by atoms with van der Waals surface area (Å²) in [6.07, 6.45) is -1.38. The van der Waals surface area contributed by atoms with E-state index in [1.807, 2.05) is 18.2 Å². The molecule has 8 nitrogen and oxygen atoms in total. The minimum Gasteiger partial charge on any atom is -0.350 e. The quantitative estimate of drug-likeness (QED) is 0.407. The molecule has 0 aliphatic rings. The molecule has 3 N–H and O–H groups in total. The predicted octanol–water partition coefficient (Wildman–Crippen LogP) is 3.34. The zero-order valence-corrected chi connectivity index (χ0v) is 17.0. The standard InChI is InChI=1S/C21H20F3N7O/c1-13(16-6-4-7-18-17(16)12-27-29-18)20(32)26-11-15-9-19(21(22,23)24)30-31(15)28-10-14-5-2-3-8-25-14/h2-9,12-13,28H,10-11H2,1H3,(H,26,32)(H,27,29). The zero-order valence-electron chi connectivity index (χ0n) is 17.0. The van der Waals surface area contributed by atoms with Gasteiger partial charge in [-0.15, -0.1) is 5.10 Å². The number of fused-ring (bicyclic) bond motifs is 1. The Morgan fingerprint density at radius 3 is 2.78 bits per heavy atom. The van der Waals surface area contributed by atoms with Gasteiger partial charge in [0, 0.05) is 11.6 Å². The first kappa shape index (κ1) is 21.3. The van der Waals surface area contributed by atoms with Gasteiger partial charge in [-0.25, -0.2) is 0 Å². The number of nitrogens with one attached hydrogen (secondary N) is 3. The fraction of sp³-hybridized carbons (Fsp3) is 0.238. The van der Waals surface area contributed by atoms with Gasteiger partial charge in [-0.1, -0.05) is 18.2 Å². The number of nitrogens with zero attached hydrogens (tertiary/aromatic N) is 4. The Labute approximate surface area is 180 Å². The van der Waals surface area contributed by atoms with Crippen LogP contribution in [0.25, 0.3) is 10.9 Å². The SMILES string of the molecule is CC(C(=O)NCc1cc(C(F)(F)F)nn1NCc1ccccn1)c1cccc2[nH]ncc12. The van der Waals surface area contributed by atoms with E-state index in [1.165, 1.54) is 0 Å². The van der Waals surface area contributed by atoms with Crippen LogP contribution in [0.5, 0.6) is 0 Å². The van der Waals surface area contributed by atoms with E-state index in [9.17, 15) is 18.0 Å². The van der Waals surface area contributed by atoms with E-state index in [-0.39, 0.29) is 24.7 Å². The number of halogens is 3. The largest absolute Gasteiger partial charge is 0.435 e. The normalized spacial score (nSPS) is 12.6. The van der Waals surface area contributed by atoms with Crippen LogP contribution in [-0.4, -0.2) is 31.0 Å². The fourth-order valence-electron chi connectivity index (χ4n) is 3.32. The summed E-state index contributed by atoms with van der Waals surface area (Å²) >= 11 is 0. The van der Waals surface area contributed by atoms with Crippen molar-refractivity contribution in [1.82, 2.24) is 30.4 Å². The van der Waals surface area contributed by atoms with Crippen LogP contribution in [0.15, 0.2) is 54.9 Å². The number of alkyl halides is 3. The molecule has 32 heavy (non-hydrogen) atoms. The lowest BCUT2D eigenvalue weighted by Crippen LogP contribution is -2.30. The van der Waals surface area contributed by atoms with Gasteiger partial charge in [-0.05, 0) is 36.8 Å². The molecule has 11 heteroatoms. The van der Waals surface area contributed by atoms with Crippen LogP contribution >= 0.6 is 0 Å². The van der Waals surface area contributed by atoms with E-state index < -0.39 is 17.8 Å². The average Bonchev–Trinajstić information content (AvgIpc) is 3.43. The average molecular weight is 443 g/mol. The molecule has 1 aromatic carbocycles. The molecule has 0 radical (unpaired) electrons. The molecular formula is C21H20F3N7O. The van der Waals surface area contributed by atoms with Crippen molar-refractivity contribution in [1.29, 1.82) is 0 Å². The molecule has 1 unspecified atom stereocenters. The second-order valence-electron chi connectivity index (χ2n) is 7.20. The maximum absolute atomic E-state index is 13.2. The van der Waals surface area contributed by atoms with E-state index in [0.717, 1.165) is 27.3 Å². The summed E-state index contributed by atoms with van der Waals surface area (Å²) in [7, 11) is 0. The summed E-state index contributed by atoms with van der Waals surface area (Å²) in [4.78, 5) is 17.9. The second kappa shape index (κ2) is 8.69. The van der Waals surface area contributed by atoms with E-state index in [0.29, 0.717) is 5.69 Å². The van der Waals surface area contributed by atoms with Gasteiger partial charge >= 0.3 is 6.18 Å². The van der Waals surface area contributed by atoms with Crippen LogP contribution in [0.2, 0.25) is 0 Å². The van der Waals surface area contributed by atoms with Gasteiger partial charge in [-0.2, -0.15) is 23.1 Å². The fourth-order valence-corrected chi connectivity index (χ4v) is 3.32. The zero-order chi connectivity index (χ0) is 22.7. The monoisotopic (exact) mass is 443 g/mol. The molecule has 3 aromatic heterocycles. The number of aromatic amines is 1. The van der Waals surface area contributed by atoms with Crippen molar-refractivity contribution in [3.63, 3.8) is 0 Å². The van der Waals surface area contributed by atoms with Crippen molar-refractivity contribution < 1.29 is 18.0 Å². The maximum atomic E-state index is 13.2. The second-order valence-corrected chi connectivity index (χ2v) is 7.20. The van der Waals surface area contributed by atoms with Crippen molar-refractivity contribution in [2.75, 3.05) is 5.43 Å². The first-order chi connectivity index (χ1) is 15.3.